The molecule has 0 spiro atoms. The molecular formula is C12H17FN2O. The average molecular weight is 224 g/mol. The molecule has 88 valence electrons. The highest BCUT2D eigenvalue weighted by atomic mass is 19.1. The Hall–Kier alpha value is -1.13. The molecule has 0 aromatic heterocycles. The maximum Gasteiger partial charge on any atom is 0.165 e. The first-order valence-corrected chi connectivity index (χ1v) is 5.39. The first kappa shape index (κ1) is 11.4. The van der Waals surface area contributed by atoms with Gasteiger partial charge in [-0.25, -0.2) is 4.39 Å². The molecule has 1 aromatic carbocycles. The second-order valence-corrected chi connectivity index (χ2v) is 4.39. The molecule has 1 heterocycles. The van der Waals surface area contributed by atoms with E-state index in [9.17, 15) is 4.39 Å². The van der Waals surface area contributed by atoms with Crippen LogP contribution in [0.25, 0.3) is 0 Å². The lowest BCUT2D eigenvalue weighted by molar-refractivity contribution is 0.384. The predicted octanol–water partition coefficient (Wildman–Crippen LogP) is 1.19. The standard InChI is InChI=1S/C12H17FN2O/c1-15-6-9(11(14)7-15)8-3-4-10(13)12(5-8)16-2/h3-5,9,11H,6-7,14H2,1-2H3/t9-,11+/m0/s1. The van der Waals surface area contributed by atoms with Crippen LogP contribution in [0.2, 0.25) is 0 Å². The molecule has 0 bridgehead atoms. The number of methoxy groups -OCH3 is 1. The first-order chi connectivity index (χ1) is 7.61. The van der Waals surface area contributed by atoms with Crippen molar-refractivity contribution in [3.63, 3.8) is 0 Å². The minimum absolute atomic E-state index is 0.111. The quantitative estimate of drug-likeness (QED) is 0.820. The Bertz CT molecular complexity index is 383. The van der Waals surface area contributed by atoms with Gasteiger partial charge >= 0.3 is 0 Å². The van der Waals surface area contributed by atoms with Gasteiger partial charge in [0.25, 0.3) is 0 Å². The zero-order valence-corrected chi connectivity index (χ0v) is 9.61. The molecule has 0 radical (unpaired) electrons. The summed E-state index contributed by atoms with van der Waals surface area (Å²) in [7, 11) is 3.52. The topological polar surface area (TPSA) is 38.5 Å². The maximum absolute atomic E-state index is 13.3. The van der Waals surface area contributed by atoms with Crippen LogP contribution in [-0.2, 0) is 0 Å². The average Bonchev–Trinajstić information content (AvgIpc) is 2.59. The Balaban J connectivity index is 2.27. The van der Waals surface area contributed by atoms with Crippen LogP contribution < -0.4 is 10.5 Å². The lowest BCUT2D eigenvalue weighted by atomic mass is 9.95. The van der Waals surface area contributed by atoms with E-state index < -0.39 is 0 Å². The SMILES string of the molecule is COc1cc([C@@H]2CN(C)C[C@H]2N)ccc1F. The van der Waals surface area contributed by atoms with E-state index in [4.69, 9.17) is 10.5 Å². The molecule has 0 unspecified atom stereocenters. The number of rotatable bonds is 2. The number of likely N-dealkylation sites (tertiary alicyclic amines) is 1. The number of ether oxygens (including phenoxy) is 1. The molecule has 2 atom stereocenters. The Morgan fingerprint density at radius 3 is 2.75 bits per heavy atom. The van der Waals surface area contributed by atoms with E-state index in [1.807, 2.05) is 7.05 Å². The van der Waals surface area contributed by atoms with Crippen molar-refractivity contribution in [1.82, 2.24) is 4.90 Å². The van der Waals surface area contributed by atoms with Crippen LogP contribution in [0.1, 0.15) is 11.5 Å². The number of halogens is 1. The summed E-state index contributed by atoms with van der Waals surface area (Å²) in [6.45, 7) is 1.79. The van der Waals surface area contributed by atoms with Crippen molar-refractivity contribution in [2.24, 2.45) is 5.73 Å². The monoisotopic (exact) mass is 224 g/mol. The van der Waals surface area contributed by atoms with Crippen LogP contribution in [0.3, 0.4) is 0 Å². The van der Waals surface area contributed by atoms with E-state index in [1.165, 1.54) is 13.2 Å². The molecule has 1 fully saturated rings. The van der Waals surface area contributed by atoms with Crippen LogP contribution in [0, 0.1) is 5.82 Å². The number of nitrogens with two attached hydrogens (primary N) is 1. The molecule has 1 aromatic rings. The summed E-state index contributed by atoms with van der Waals surface area (Å²) in [5.74, 6) is 0.227. The zero-order valence-electron chi connectivity index (χ0n) is 9.61. The normalized spacial score (nSPS) is 26.0. The van der Waals surface area contributed by atoms with Gasteiger partial charge < -0.3 is 15.4 Å². The highest BCUT2D eigenvalue weighted by Gasteiger charge is 2.29. The lowest BCUT2D eigenvalue weighted by Crippen LogP contribution is -2.27. The van der Waals surface area contributed by atoms with Gasteiger partial charge in [0.2, 0.25) is 0 Å². The van der Waals surface area contributed by atoms with Crippen molar-refractivity contribution < 1.29 is 9.13 Å². The second kappa shape index (κ2) is 4.39. The summed E-state index contributed by atoms with van der Waals surface area (Å²) in [6.07, 6.45) is 0. The molecule has 0 aliphatic carbocycles. The van der Waals surface area contributed by atoms with Crippen LogP contribution in [-0.4, -0.2) is 38.2 Å². The van der Waals surface area contributed by atoms with Gasteiger partial charge in [-0.2, -0.15) is 0 Å². The van der Waals surface area contributed by atoms with Crippen molar-refractivity contribution in [3.05, 3.63) is 29.6 Å². The number of benzene rings is 1. The predicted molar refractivity (Wildman–Crippen MR) is 61.2 cm³/mol. The van der Waals surface area contributed by atoms with Crippen LogP contribution in [0.4, 0.5) is 4.39 Å². The maximum atomic E-state index is 13.3. The highest BCUT2D eigenvalue weighted by molar-refractivity contribution is 5.34. The van der Waals surface area contributed by atoms with E-state index in [0.717, 1.165) is 18.7 Å². The van der Waals surface area contributed by atoms with Crippen molar-refractivity contribution in [1.29, 1.82) is 0 Å². The third-order valence-corrected chi connectivity index (χ3v) is 3.15. The second-order valence-electron chi connectivity index (χ2n) is 4.39. The summed E-state index contributed by atoms with van der Waals surface area (Å²) in [4.78, 5) is 2.19. The fourth-order valence-electron chi connectivity index (χ4n) is 2.29. The van der Waals surface area contributed by atoms with Crippen molar-refractivity contribution in [3.8, 4) is 5.75 Å². The molecule has 1 saturated heterocycles. The molecule has 4 heteroatoms. The molecule has 1 aliphatic rings. The van der Waals surface area contributed by atoms with Crippen LogP contribution >= 0.6 is 0 Å². The van der Waals surface area contributed by atoms with Gasteiger partial charge in [0.15, 0.2) is 11.6 Å². The summed E-state index contributed by atoms with van der Waals surface area (Å²) < 4.78 is 18.2. The van der Waals surface area contributed by atoms with E-state index in [2.05, 4.69) is 4.90 Å². The number of hydrogen-bond donors (Lipinski definition) is 1. The number of nitrogens with zero attached hydrogens (tertiary/aromatic N) is 1. The van der Waals surface area contributed by atoms with Gasteiger partial charge in [-0.05, 0) is 24.7 Å². The van der Waals surface area contributed by atoms with Crippen LogP contribution in [0.5, 0.6) is 5.75 Å². The van der Waals surface area contributed by atoms with E-state index in [-0.39, 0.29) is 17.8 Å². The Morgan fingerprint density at radius 2 is 2.19 bits per heavy atom. The van der Waals surface area contributed by atoms with Crippen LogP contribution in [0.15, 0.2) is 18.2 Å². The van der Waals surface area contributed by atoms with Gasteiger partial charge in [0.1, 0.15) is 0 Å². The molecule has 1 aliphatic heterocycles. The number of hydrogen-bond acceptors (Lipinski definition) is 3. The van der Waals surface area contributed by atoms with Gasteiger partial charge in [-0.3, -0.25) is 0 Å². The molecular weight excluding hydrogens is 207 g/mol. The molecule has 0 amide bonds. The largest absolute Gasteiger partial charge is 0.494 e. The summed E-state index contributed by atoms with van der Waals surface area (Å²) >= 11 is 0. The smallest absolute Gasteiger partial charge is 0.165 e. The first-order valence-electron chi connectivity index (χ1n) is 5.39. The fraction of sp³-hybridized carbons (Fsp3) is 0.500. The summed E-state index contributed by atoms with van der Waals surface area (Å²) in [6, 6.07) is 5.10. The Kier molecular flexibility index (Phi) is 3.12. The van der Waals surface area contributed by atoms with Gasteiger partial charge in [0, 0.05) is 25.0 Å². The van der Waals surface area contributed by atoms with Gasteiger partial charge in [0.05, 0.1) is 7.11 Å². The third kappa shape index (κ3) is 2.03. The molecule has 2 N–H and O–H groups in total. The fourth-order valence-corrected chi connectivity index (χ4v) is 2.29. The zero-order chi connectivity index (χ0) is 11.7. The minimum Gasteiger partial charge on any atom is -0.494 e. The van der Waals surface area contributed by atoms with E-state index >= 15 is 0 Å². The van der Waals surface area contributed by atoms with E-state index in [0.29, 0.717) is 5.75 Å². The highest BCUT2D eigenvalue weighted by Crippen LogP contribution is 2.29. The Labute approximate surface area is 95.0 Å². The molecule has 0 saturated carbocycles. The van der Waals surface area contributed by atoms with Crippen molar-refractivity contribution >= 4 is 0 Å². The van der Waals surface area contributed by atoms with E-state index in [1.54, 1.807) is 12.1 Å². The Morgan fingerprint density at radius 1 is 1.44 bits per heavy atom. The van der Waals surface area contributed by atoms with Crippen molar-refractivity contribution in [2.45, 2.75) is 12.0 Å². The van der Waals surface area contributed by atoms with Gasteiger partial charge in [-0.15, -0.1) is 0 Å². The lowest BCUT2D eigenvalue weighted by Gasteiger charge is -2.15. The number of likely N-dealkylation sites (N-methyl/N-ethyl adjacent to an activating group) is 1. The molecule has 3 nitrogen and oxygen atoms in total. The minimum atomic E-state index is -0.328. The third-order valence-electron chi connectivity index (χ3n) is 3.15. The molecule has 2 rings (SSSR count). The molecule has 16 heavy (non-hydrogen) atoms. The van der Waals surface area contributed by atoms with Gasteiger partial charge in [-0.1, -0.05) is 6.07 Å². The summed E-state index contributed by atoms with van der Waals surface area (Å²) in [5.41, 5.74) is 7.11. The summed E-state index contributed by atoms with van der Waals surface area (Å²) in [5, 5.41) is 0. The van der Waals surface area contributed by atoms with Crippen molar-refractivity contribution in [2.75, 3.05) is 27.2 Å².